The summed E-state index contributed by atoms with van der Waals surface area (Å²) in [5, 5.41) is 14.1. The molecule has 1 N–H and O–H groups in total. The van der Waals surface area contributed by atoms with Crippen molar-refractivity contribution in [3.05, 3.63) is 75.3 Å². The van der Waals surface area contributed by atoms with Gasteiger partial charge in [0.15, 0.2) is 0 Å². The zero-order valence-electron chi connectivity index (χ0n) is 16.2. The highest BCUT2D eigenvalue weighted by Gasteiger charge is 2.57. The first-order valence-corrected chi connectivity index (χ1v) is 9.38. The van der Waals surface area contributed by atoms with E-state index in [1.165, 1.54) is 23.3 Å². The molecule has 4 rings (SSSR count). The van der Waals surface area contributed by atoms with Crippen molar-refractivity contribution in [1.29, 1.82) is 0 Å². The lowest BCUT2D eigenvalue weighted by molar-refractivity contribution is -0.384. The van der Waals surface area contributed by atoms with E-state index in [1.54, 1.807) is 12.1 Å². The number of hydrogen-bond acceptors (Lipinski definition) is 4. The number of aryl methyl sites for hydroxylation is 1. The molecule has 0 saturated carbocycles. The van der Waals surface area contributed by atoms with Gasteiger partial charge >= 0.3 is 0 Å². The van der Waals surface area contributed by atoms with E-state index in [2.05, 4.69) is 49.2 Å². The number of nitro groups is 1. The van der Waals surface area contributed by atoms with Gasteiger partial charge in [-0.3, -0.25) is 14.9 Å². The summed E-state index contributed by atoms with van der Waals surface area (Å²) in [5.41, 5.74) is 3.43. The van der Waals surface area contributed by atoms with Crippen molar-refractivity contribution in [3.8, 4) is 0 Å². The second-order valence-electron chi connectivity index (χ2n) is 8.04. The van der Waals surface area contributed by atoms with Crippen LogP contribution in [-0.2, 0) is 10.2 Å². The van der Waals surface area contributed by atoms with Crippen LogP contribution in [0.25, 0.3) is 6.08 Å². The van der Waals surface area contributed by atoms with Crippen LogP contribution in [0.5, 0.6) is 0 Å². The van der Waals surface area contributed by atoms with Crippen LogP contribution >= 0.6 is 0 Å². The van der Waals surface area contributed by atoms with E-state index < -0.39 is 10.6 Å². The first kappa shape index (κ1) is 18.2. The largest absolute Gasteiger partial charge is 0.344 e. The van der Waals surface area contributed by atoms with Crippen LogP contribution < -0.4 is 10.2 Å². The first-order valence-electron chi connectivity index (χ1n) is 9.38. The van der Waals surface area contributed by atoms with Crippen molar-refractivity contribution in [3.63, 3.8) is 0 Å². The van der Waals surface area contributed by atoms with E-state index in [0.717, 1.165) is 11.3 Å². The highest BCUT2D eigenvalue weighted by molar-refractivity contribution is 5.84. The maximum atomic E-state index is 12.4. The van der Waals surface area contributed by atoms with Gasteiger partial charge in [-0.2, -0.15) is 0 Å². The number of anilines is 1. The SMILES string of the molecule is Cc1ccc2c(c1)C(C)(C)[C@]1(/C=C/c3ccc([N+](=O)[O-])cc3)NC(=O)CCN21. The predicted molar refractivity (Wildman–Crippen MR) is 109 cm³/mol. The second kappa shape index (κ2) is 6.19. The van der Waals surface area contributed by atoms with E-state index in [9.17, 15) is 14.9 Å². The van der Waals surface area contributed by atoms with Crippen LogP contribution in [0.1, 0.15) is 37.0 Å². The van der Waals surface area contributed by atoms with Crippen molar-refractivity contribution in [2.75, 3.05) is 11.4 Å². The molecule has 0 spiro atoms. The molecule has 2 aliphatic heterocycles. The second-order valence-corrected chi connectivity index (χ2v) is 8.04. The van der Waals surface area contributed by atoms with Crippen LogP contribution in [0.2, 0.25) is 0 Å². The minimum Gasteiger partial charge on any atom is -0.344 e. The molecule has 1 amide bonds. The fraction of sp³-hybridized carbons (Fsp3) is 0.318. The molecule has 0 bridgehead atoms. The van der Waals surface area contributed by atoms with Gasteiger partial charge in [0.1, 0.15) is 5.66 Å². The fourth-order valence-electron chi connectivity index (χ4n) is 4.39. The summed E-state index contributed by atoms with van der Waals surface area (Å²) in [6, 6.07) is 12.9. The Hall–Kier alpha value is -3.15. The third-order valence-corrected chi connectivity index (χ3v) is 6.01. The van der Waals surface area contributed by atoms with E-state index in [1.807, 2.05) is 12.2 Å². The van der Waals surface area contributed by atoms with Gasteiger partial charge in [-0.25, -0.2) is 0 Å². The van der Waals surface area contributed by atoms with Gasteiger partial charge in [-0.1, -0.05) is 37.6 Å². The minimum absolute atomic E-state index is 0.0298. The summed E-state index contributed by atoms with van der Waals surface area (Å²) in [5.74, 6) is 0.0298. The normalized spacial score (nSPS) is 22.7. The Bertz CT molecular complexity index is 995. The lowest BCUT2D eigenvalue weighted by atomic mass is 9.74. The Labute approximate surface area is 164 Å². The molecule has 1 fully saturated rings. The summed E-state index contributed by atoms with van der Waals surface area (Å²) in [7, 11) is 0. The molecular weight excluding hydrogens is 354 g/mol. The van der Waals surface area contributed by atoms with E-state index in [0.29, 0.717) is 13.0 Å². The molecule has 2 aliphatic rings. The topological polar surface area (TPSA) is 75.5 Å². The molecular formula is C22H23N3O3. The lowest BCUT2D eigenvalue weighted by Gasteiger charge is -2.49. The summed E-state index contributed by atoms with van der Waals surface area (Å²) >= 11 is 0. The number of non-ortho nitro benzene ring substituents is 1. The fourth-order valence-corrected chi connectivity index (χ4v) is 4.39. The average Bonchev–Trinajstić information content (AvgIpc) is 2.84. The number of benzene rings is 2. The maximum Gasteiger partial charge on any atom is 0.269 e. The Morgan fingerprint density at radius 2 is 1.89 bits per heavy atom. The summed E-state index contributed by atoms with van der Waals surface area (Å²) in [6.07, 6.45) is 4.42. The number of rotatable bonds is 3. The predicted octanol–water partition coefficient (Wildman–Crippen LogP) is 3.93. The Balaban J connectivity index is 1.79. The summed E-state index contributed by atoms with van der Waals surface area (Å²) in [6.45, 7) is 7.02. The van der Waals surface area contributed by atoms with Crippen molar-refractivity contribution in [2.45, 2.75) is 38.3 Å². The van der Waals surface area contributed by atoms with Crippen LogP contribution in [0.3, 0.4) is 0 Å². The lowest BCUT2D eigenvalue weighted by Crippen LogP contribution is -2.68. The maximum absolute atomic E-state index is 12.4. The molecule has 0 aliphatic carbocycles. The van der Waals surface area contributed by atoms with Gasteiger partial charge in [0.25, 0.3) is 5.69 Å². The van der Waals surface area contributed by atoms with Crippen LogP contribution in [-0.4, -0.2) is 23.0 Å². The molecule has 0 radical (unpaired) electrons. The number of nitrogens with zero attached hydrogens (tertiary/aromatic N) is 2. The first-order chi connectivity index (χ1) is 13.2. The van der Waals surface area contributed by atoms with Crippen molar-refractivity contribution in [2.24, 2.45) is 0 Å². The molecule has 2 aromatic rings. The third kappa shape index (κ3) is 2.59. The number of carbonyl (C=O) groups is 1. The number of nitro benzene ring substituents is 1. The van der Waals surface area contributed by atoms with Crippen LogP contribution in [0.4, 0.5) is 11.4 Å². The number of nitrogens with one attached hydrogen (secondary N) is 1. The quantitative estimate of drug-likeness (QED) is 0.650. The minimum atomic E-state index is -0.680. The number of hydrogen-bond donors (Lipinski definition) is 1. The molecule has 2 aromatic carbocycles. The molecule has 0 aromatic heterocycles. The van der Waals surface area contributed by atoms with Crippen LogP contribution in [0.15, 0.2) is 48.5 Å². The standard InChI is InChI=1S/C22H23N3O3/c1-15-4-9-19-18(14-15)21(2,3)22(23-20(26)11-13-24(19)22)12-10-16-5-7-17(8-6-16)25(27)28/h4-10,12,14H,11,13H2,1-3H3,(H,23,26)/b12-10+/t22-/m1/s1. The average molecular weight is 377 g/mol. The van der Waals surface area contributed by atoms with Gasteiger partial charge in [-0.15, -0.1) is 0 Å². The Morgan fingerprint density at radius 3 is 2.57 bits per heavy atom. The monoisotopic (exact) mass is 377 g/mol. The highest BCUT2D eigenvalue weighted by Crippen LogP contribution is 2.52. The molecule has 2 heterocycles. The Morgan fingerprint density at radius 1 is 1.18 bits per heavy atom. The number of amides is 1. The van der Waals surface area contributed by atoms with Gasteiger partial charge in [-0.05, 0) is 42.3 Å². The van der Waals surface area contributed by atoms with E-state index in [4.69, 9.17) is 0 Å². The highest BCUT2D eigenvalue weighted by atomic mass is 16.6. The van der Waals surface area contributed by atoms with E-state index >= 15 is 0 Å². The zero-order chi connectivity index (χ0) is 20.1. The molecule has 144 valence electrons. The number of fused-ring (bicyclic) bond motifs is 3. The smallest absolute Gasteiger partial charge is 0.269 e. The molecule has 1 atom stereocenters. The zero-order valence-corrected chi connectivity index (χ0v) is 16.2. The van der Waals surface area contributed by atoms with E-state index in [-0.39, 0.29) is 17.0 Å². The van der Waals surface area contributed by atoms with Crippen molar-refractivity contribution < 1.29 is 9.72 Å². The van der Waals surface area contributed by atoms with Crippen molar-refractivity contribution >= 4 is 23.4 Å². The van der Waals surface area contributed by atoms with Crippen LogP contribution in [0, 0.1) is 17.0 Å². The molecule has 6 heteroatoms. The van der Waals surface area contributed by atoms with Gasteiger partial charge in [0.05, 0.1) is 4.92 Å². The molecule has 1 saturated heterocycles. The summed E-state index contributed by atoms with van der Waals surface area (Å²) < 4.78 is 0. The Kier molecular flexibility index (Phi) is 4.03. The van der Waals surface area contributed by atoms with Gasteiger partial charge < -0.3 is 10.2 Å². The molecule has 6 nitrogen and oxygen atoms in total. The van der Waals surface area contributed by atoms with Gasteiger partial charge in [0, 0.05) is 36.2 Å². The molecule has 28 heavy (non-hydrogen) atoms. The van der Waals surface area contributed by atoms with Crippen molar-refractivity contribution in [1.82, 2.24) is 5.32 Å². The molecule has 0 unspecified atom stereocenters. The summed E-state index contributed by atoms with van der Waals surface area (Å²) in [4.78, 5) is 25.1. The third-order valence-electron chi connectivity index (χ3n) is 6.01. The number of carbonyl (C=O) groups excluding carboxylic acids is 1. The van der Waals surface area contributed by atoms with Gasteiger partial charge in [0.2, 0.25) is 5.91 Å².